The predicted molar refractivity (Wildman–Crippen MR) is 128 cm³/mol. The number of benzene rings is 2. The van der Waals surface area contributed by atoms with Crippen molar-refractivity contribution < 1.29 is 9.53 Å². The first-order chi connectivity index (χ1) is 15.6. The fourth-order valence-corrected chi connectivity index (χ4v) is 3.32. The number of carbonyl (C=O) groups excluding carboxylic acids is 1. The van der Waals surface area contributed by atoms with Crippen LogP contribution in [-0.4, -0.2) is 29.8 Å². The molecule has 0 spiro atoms. The molecule has 0 aliphatic carbocycles. The maximum absolute atomic E-state index is 12.4. The molecule has 1 amide bonds. The Morgan fingerprint density at radius 1 is 1.09 bits per heavy atom. The summed E-state index contributed by atoms with van der Waals surface area (Å²) < 4.78 is 6.00. The highest BCUT2D eigenvalue weighted by Crippen LogP contribution is 2.23. The zero-order chi connectivity index (χ0) is 22.3. The fraction of sp³-hybridized carbons (Fsp3) is 0.192. The van der Waals surface area contributed by atoms with Gasteiger partial charge in [0.05, 0.1) is 6.54 Å². The summed E-state index contributed by atoms with van der Waals surface area (Å²) in [5.74, 6) is 2.37. The molecule has 6 heteroatoms. The lowest BCUT2D eigenvalue weighted by molar-refractivity contribution is -0.111. The first-order valence-corrected chi connectivity index (χ1v) is 10.7. The van der Waals surface area contributed by atoms with Crippen molar-refractivity contribution in [3.8, 4) is 11.5 Å². The van der Waals surface area contributed by atoms with Crippen LogP contribution in [0, 0.1) is 0 Å². The minimum atomic E-state index is -0.180. The van der Waals surface area contributed by atoms with Crippen molar-refractivity contribution in [2.24, 2.45) is 4.99 Å². The lowest BCUT2D eigenvalue weighted by atomic mass is 10.0. The monoisotopic (exact) mass is 426 g/mol. The van der Waals surface area contributed by atoms with Crippen LogP contribution >= 0.6 is 0 Å². The summed E-state index contributed by atoms with van der Waals surface area (Å²) in [6.45, 7) is 5.84. The molecule has 1 aliphatic rings. The lowest BCUT2D eigenvalue weighted by Gasteiger charge is -2.09. The van der Waals surface area contributed by atoms with Gasteiger partial charge >= 0.3 is 0 Å². The quantitative estimate of drug-likeness (QED) is 0.522. The molecule has 2 heterocycles. The fourth-order valence-electron chi connectivity index (χ4n) is 3.32. The Balaban J connectivity index is 1.41. The van der Waals surface area contributed by atoms with E-state index in [9.17, 15) is 4.79 Å². The van der Waals surface area contributed by atoms with Gasteiger partial charge in [-0.2, -0.15) is 0 Å². The summed E-state index contributed by atoms with van der Waals surface area (Å²) in [5, 5.41) is 6.12. The molecule has 3 aromatic rings. The van der Waals surface area contributed by atoms with Crippen molar-refractivity contribution in [1.82, 2.24) is 10.3 Å². The highest BCUT2D eigenvalue weighted by Gasteiger charge is 2.10. The van der Waals surface area contributed by atoms with Crippen molar-refractivity contribution >= 4 is 23.5 Å². The van der Waals surface area contributed by atoms with Crippen LogP contribution in [0.1, 0.15) is 36.6 Å². The summed E-state index contributed by atoms with van der Waals surface area (Å²) in [7, 11) is 0. The van der Waals surface area contributed by atoms with Crippen LogP contribution in [0.3, 0.4) is 0 Å². The Morgan fingerprint density at radius 3 is 2.75 bits per heavy atom. The predicted octanol–water partition coefficient (Wildman–Crippen LogP) is 5.00. The van der Waals surface area contributed by atoms with Crippen molar-refractivity contribution in [3.63, 3.8) is 0 Å². The number of aliphatic imine (C=N–C) groups is 1. The van der Waals surface area contributed by atoms with Gasteiger partial charge in [-0.05, 0) is 53.5 Å². The van der Waals surface area contributed by atoms with E-state index in [0.717, 1.165) is 35.9 Å². The van der Waals surface area contributed by atoms with Gasteiger partial charge in [0.2, 0.25) is 5.91 Å². The number of amides is 1. The highest BCUT2D eigenvalue weighted by molar-refractivity contribution is 6.02. The van der Waals surface area contributed by atoms with Crippen molar-refractivity contribution in [2.45, 2.75) is 19.8 Å². The number of nitrogens with zero attached hydrogens (tertiary/aromatic N) is 2. The molecule has 0 saturated heterocycles. The third-order valence-corrected chi connectivity index (χ3v) is 4.99. The molecule has 1 aromatic heterocycles. The van der Waals surface area contributed by atoms with Crippen LogP contribution in [0.25, 0.3) is 6.08 Å². The van der Waals surface area contributed by atoms with Crippen LogP contribution in [0.5, 0.6) is 11.5 Å². The maximum Gasteiger partial charge on any atom is 0.248 e. The Labute approximate surface area is 188 Å². The third kappa shape index (κ3) is 5.60. The molecule has 2 N–H and O–H groups in total. The summed E-state index contributed by atoms with van der Waals surface area (Å²) >= 11 is 0. The van der Waals surface area contributed by atoms with E-state index < -0.39 is 0 Å². The van der Waals surface area contributed by atoms with Gasteiger partial charge in [-0.15, -0.1) is 0 Å². The summed E-state index contributed by atoms with van der Waals surface area (Å²) in [4.78, 5) is 21.1. The van der Waals surface area contributed by atoms with E-state index in [-0.39, 0.29) is 5.91 Å². The van der Waals surface area contributed by atoms with E-state index in [1.165, 1.54) is 11.6 Å². The molecule has 0 saturated carbocycles. The van der Waals surface area contributed by atoms with Crippen LogP contribution in [0.2, 0.25) is 0 Å². The number of hydrogen-bond acceptors (Lipinski definition) is 5. The van der Waals surface area contributed by atoms with Gasteiger partial charge in [-0.1, -0.05) is 38.1 Å². The van der Waals surface area contributed by atoms with E-state index in [1.54, 1.807) is 18.3 Å². The Morgan fingerprint density at radius 2 is 1.94 bits per heavy atom. The molecule has 0 unspecified atom stereocenters. The molecule has 6 nitrogen and oxygen atoms in total. The molecule has 32 heavy (non-hydrogen) atoms. The standard InChI is InChI=1S/C26H26N4O2/c1-18(2)20-6-4-7-21(16-20)30-25(31)10-9-19-5-3-8-22(15-19)32-23-11-12-27-24(17-23)26-28-13-14-29-26/h3-12,15-18H,13-14H2,1-2H3,(H,28,29)(H,30,31). The molecule has 4 rings (SSSR count). The average molecular weight is 427 g/mol. The number of ether oxygens (including phenoxy) is 1. The maximum atomic E-state index is 12.4. The van der Waals surface area contributed by atoms with Crippen LogP contribution in [0.15, 0.2) is 77.9 Å². The van der Waals surface area contributed by atoms with E-state index in [2.05, 4.69) is 40.5 Å². The first-order valence-electron chi connectivity index (χ1n) is 10.7. The minimum Gasteiger partial charge on any atom is -0.457 e. The number of carbonyl (C=O) groups is 1. The molecule has 0 radical (unpaired) electrons. The van der Waals surface area contributed by atoms with Gasteiger partial charge in [-0.25, -0.2) is 0 Å². The van der Waals surface area contributed by atoms with Crippen LogP contribution < -0.4 is 15.4 Å². The Hall–Kier alpha value is -3.93. The van der Waals surface area contributed by atoms with Crippen molar-refractivity contribution in [2.75, 3.05) is 18.4 Å². The van der Waals surface area contributed by atoms with Gasteiger partial charge in [0.15, 0.2) is 0 Å². The number of amidine groups is 1. The molecule has 2 aromatic carbocycles. The molecule has 162 valence electrons. The third-order valence-electron chi connectivity index (χ3n) is 4.99. The second-order valence-electron chi connectivity index (χ2n) is 7.81. The second-order valence-corrected chi connectivity index (χ2v) is 7.81. The topological polar surface area (TPSA) is 75.6 Å². The van der Waals surface area contributed by atoms with Crippen molar-refractivity contribution in [3.05, 3.63) is 89.8 Å². The Kier molecular flexibility index (Phi) is 6.60. The minimum absolute atomic E-state index is 0.180. The van der Waals surface area contributed by atoms with E-state index in [0.29, 0.717) is 17.4 Å². The lowest BCUT2D eigenvalue weighted by Crippen LogP contribution is -2.20. The number of anilines is 1. The van der Waals surface area contributed by atoms with Gasteiger partial charge < -0.3 is 15.4 Å². The SMILES string of the molecule is CC(C)c1cccc(NC(=O)C=Cc2cccc(Oc3ccnc(C4=NCCN4)c3)c2)c1. The normalized spacial score (nSPS) is 13.2. The first kappa shape index (κ1) is 21.3. The molecule has 1 aliphatic heterocycles. The van der Waals surface area contributed by atoms with Gasteiger partial charge in [0.1, 0.15) is 23.0 Å². The van der Waals surface area contributed by atoms with Crippen LogP contribution in [0.4, 0.5) is 5.69 Å². The summed E-state index contributed by atoms with van der Waals surface area (Å²) in [6, 6.07) is 19.1. The molecular formula is C26H26N4O2. The molecule has 0 fully saturated rings. The van der Waals surface area contributed by atoms with Gasteiger partial charge in [0.25, 0.3) is 0 Å². The van der Waals surface area contributed by atoms with E-state index >= 15 is 0 Å². The number of aromatic nitrogens is 1. The smallest absolute Gasteiger partial charge is 0.248 e. The molecule has 0 atom stereocenters. The largest absolute Gasteiger partial charge is 0.457 e. The van der Waals surface area contributed by atoms with Gasteiger partial charge in [0, 0.05) is 30.6 Å². The Bertz CT molecular complexity index is 1170. The molecule has 0 bridgehead atoms. The zero-order valence-corrected chi connectivity index (χ0v) is 18.2. The van der Waals surface area contributed by atoms with E-state index in [4.69, 9.17) is 4.74 Å². The zero-order valence-electron chi connectivity index (χ0n) is 18.2. The number of hydrogen-bond donors (Lipinski definition) is 2. The average Bonchev–Trinajstić information content (AvgIpc) is 3.33. The van der Waals surface area contributed by atoms with Gasteiger partial charge in [-0.3, -0.25) is 14.8 Å². The number of nitrogens with one attached hydrogen (secondary N) is 2. The number of pyridine rings is 1. The highest BCUT2D eigenvalue weighted by atomic mass is 16.5. The summed E-state index contributed by atoms with van der Waals surface area (Å²) in [5.41, 5.74) is 3.60. The van der Waals surface area contributed by atoms with Crippen LogP contribution in [-0.2, 0) is 4.79 Å². The van der Waals surface area contributed by atoms with Crippen molar-refractivity contribution in [1.29, 1.82) is 0 Å². The second kappa shape index (κ2) is 9.92. The summed E-state index contributed by atoms with van der Waals surface area (Å²) in [6.07, 6.45) is 4.99. The molecular weight excluding hydrogens is 400 g/mol. The van der Waals surface area contributed by atoms with E-state index in [1.807, 2.05) is 48.5 Å². The number of rotatable bonds is 7.